The summed E-state index contributed by atoms with van der Waals surface area (Å²) in [6.07, 6.45) is 0. The number of likely N-dealkylation sites (N-methyl/N-ethyl adjacent to an activating group) is 1. The monoisotopic (exact) mass is 288 g/mol. The molecule has 4 heteroatoms. The van der Waals surface area contributed by atoms with Gasteiger partial charge in [0.15, 0.2) is 0 Å². The number of halogens is 1. The second-order valence-electron chi connectivity index (χ2n) is 4.59. The molecule has 20 heavy (non-hydrogen) atoms. The van der Waals surface area contributed by atoms with Gasteiger partial charge in [0.2, 0.25) is 5.91 Å². The molecule has 0 saturated heterocycles. The number of amides is 1. The highest BCUT2D eigenvalue weighted by molar-refractivity contribution is 6.31. The van der Waals surface area contributed by atoms with Crippen molar-refractivity contribution in [2.45, 2.75) is 13.0 Å². The van der Waals surface area contributed by atoms with E-state index in [1.165, 1.54) is 0 Å². The summed E-state index contributed by atoms with van der Waals surface area (Å²) in [6.45, 7) is 1.92. The van der Waals surface area contributed by atoms with E-state index in [2.05, 4.69) is 10.6 Å². The molecule has 0 fully saturated rings. The molecule has 0 saturated carbocycles. The second-order valence-corrected chi connectivity index (χ2v) is 4.99. The summed E-state index contributed by atoms with van der Waals surface area (Å²) in [5, 5.41) is 6.54. The molecule has 1 atom stereocenters. The van der Waals surface area contributed by atoms with Crippen molar-refractivity contribution in [1.29, 1.82) is 0 Å². The van der Waals surface area contributed by atoms with Gasteiger partial charge in [0, 0.05) is 10.7 Å². The molecule has 2 rings (SSSR count). The van der Waals surface area contributed by atoms with Crippen molar-refractivity contribution in [2.24, 2.45) is 0 Å². The van der Waals surface area contributed by atoms with Crippen LogP contribution in [0.3, 0.4) is 0 Å². The largest absolute Gasteiger partial charge is 0.324 e. The molecule has 1 amide bonds. The van der Waals surface area contributed by atoms with Gasteiger partial charge in [-0.25, -0.2) is 0 Å². The third-order valence-corrected chi connectivity index (χ3v) is 3.53. The van der Waals surface area contributed by atoms with E-state index in [-0.39, 0.29) is 5.91 Å². The number of hydrogen-bond acceptors (Lipinski definition) is 2. The fourth-order valence-corrected chi connectivity index (χ4v) is 2.16. The van der Waals surface area contributed by atoms with Gasteiger partial charge in [-0.1, -0.05) is 48.0 Å². The predicted octanol–water partition coefficient (Wildman–Crippen LogP) is 3.55. The number of benzene rings is 2. The first-order chi connectivity index (χ1) is 9.61. The van der Waals surface area contributed by atoms with Gasteiger partial charge in [-0.2, -0.15) is 0 Å². The number of anilines is 1. The van der Waals surface area contributed by atoms with Crippen LogP contribution in [-0.4, -0.2) is 13.0 Å². The summed E-state index contributed by atoms with van der Waals surface area (Å²) in [5.41, 5.74) is 2.60. The third kappa shape index (κ3) is 3.38. The van der Waals surface area contributed by atoms with E-state index in [1.807, 2.05) is 49.4 Å². The molecule has 0 bridgehead atoms. The molecular formula is C16H17ClN2O. The lowest BCUT2D eigenvalue weighted by atomic mass is 10.1. The number of rotatable bonds is 4. The van der Waals surface area contributed by atoms with Crippen LogP contribution in [0.4, 0.5) is 5.69 Å². The zero-order valence-corrected chi connectivity index (χ0v) is 12.2. The van der Waals surface area contributed by atoms with E-state index < -0.39 is 6.04 Å². The Bertz CT molecular complexity index is 599. The highest BCUT2D eigenvalue weighted by atomic mass is 35.5. The van der Waals surface area contributed by atoms with Crippen LogP contribution >= 0.6 is 11.6 Å². The van der Waals surface area contributed by atoms with Crippen LogP contribution < -0.4 is 10.6 Å². The summed E-state index contributed by atoms with van der Waals surface area (Å²) in [4.78, 5) is 12.3. The van der Waals surface area contributed by atoms with Gasteiger partial charge < -0.3 is 10.6 Å². The molecule has 104 valence electrons. The number of aryl methyl sites for hydroxylation is 1. The van der Waals surface area contributed by atoms with Crippen LogP contribution in [-0.2, 0) is 4.79 Å². The molecule has 2 N–H and O–H groups in total. The zero-order valence-electron chi connectivity index (χ0n) is 11.5. The Hall–Kier alpha value is -1.84. The quantitative estimate of drug-likeness (QED) is 0.903. The van der Waals surface area contributed by atoms with Crippen molar-refractivity contribution in [3.8, 4) is 0 Å². The van der Waals surface area contributed by atoms with Crippen molar-refractivity contribution in [3.05, 3.63) is 64.7 Å². The van der Waals surface area contributed by atoms with E-state index in [0.717, 1.165) is 11.1 Å². The lowest BCUT2D eigenvalue weighted by molar-refractivity contribution is -0.118. The molecule has 0 aromatic heterocycles. The Kier molecular flexibility index (Phi) is 4.77. The van der Waals surface area contributed by atoms with Gasteiger partial charge in [-0.05, 0) is 37.2 Å². The smallest absolute Gasteiger partial charge is 0.246 e. The Labute approximate surface area is 124 Å². The van der Waals surface area contributed by atoms with Gasteiger partial charge in [-0.15, -0.1) is 0 Å². The number of nitrogens with one attached hydrogen (secondary N) is 2. The van der Waals surface area contributed by atoms with Crippen LogP contribution in [0, 0.1) is 6.92 Å². The number of carbonyl (C=O) groups excluding carboxylic acids is 1. The highest BCUT2D eigenvalue weighted by Gasteiger charge is 2.18. The Morgan fingerprint density at radius 2 is 1.85 bits per heavy atom. The number of carbonyl (C=O) groups is 1. The predicted molar refractivity (Wildman–Crippen MR) is 83.1 cm³/mol. The van der Waals surface area contributed by atoms with E-state index in [1.54, 1.807) is 13.1 Å². The Morgan fingerprint density at radius 1 is 1.15 bits per heavy atom. The van der Waals surface area contributed by atoms with Gasteiger partial charge in [-0.3, -0.25) is 4.79 Å². The summed E-state index contributed by atoms with van der Waals surface area (Å²) in [7, 11) is 1.76. The van der Waals surface area contributed by atoms with Crippen molar-refractivity contribution in [3.63, 3.8) is 0 Å². The first-order valence-corrected chi connectivity index (χ1v) is 6.79. The van der Waals surface area contributed by atoms with Crippen LogP contribution in [0.15, 0.2) is 48.5 Å². The zero-order chi connectivity index (χ0) is 14.5. The van der Waals surface area contributed by atoms with E-state index in [4.69, 9.17) is 11.6 Å². The third-order valence-electron chi connectivity index (χ3n) is 3.12. The maximum Gasteiger partial charge on any atom is 0.246 e. The standard InChI is InChI=1S/C16H17ClN2O/c1-11-8-9-13(10-14(11)17)19-16(20)15(18-2)12-6-4-3-5-7-12/h3-10,15,18H,1-2H3,(H,19,20)/t15-/m0/s1. The summed E-state index contributed by atoms with van der Waals surface area (Å²) < 4.78 is 0. The van der Waals surface area contributed by atoms with Crippen LogP contribution in [0.2, 0.25) is 5.02 Å². The average Bonchev–Trinajstić information content (AvgIpc) is 2.45. The Morgan fingerprint density at radius 3 is 2.45 bits per heavy atom. The van der Waals surface area contributed by atoms with Crippen molar-refractivity contribution in [2.75, 3.05) is 12.4 Å². The molecule has 0 aliphatic carbocycles. The lowest BCUT2D eigenvalue weighted by Gasteiger charge is -2.16. The maximum atomic E-state index is 12.3. The van der Waals surface area contributed by atoms with Gasteiger partial charge in [0.25, 0.3) is 0 Å². The highest BCUT2D eigenvalue weighted by Crippen LogP contribution is 2.21. The molecule has 2 aromatic carbocycles. The summed E-state index contributed by atoms with van der Waals surface area (Å²) >= 11 is 6.06. The van der Waals surface area contributed by atoms with Gasteiger partial charge in [0.1, 0.15) is 6.04 Å². The summed E-state index contributed by atoms with van der Waals surface area (Å²) in [5.74, 6) is -0.112. The van der Waals surface area contributed by atoms with Crippen molar-refractivity contribution in [1.82, 2.24) is 5.32 Å². The topological polar surface area (TPSA) is 41.1 Å². The minimum atomic E-state index is -0.392. The van der Waals surface area contributed by atoms with Crippen molar-refractivity contribution < 1.29 is 4.79 Å². The second kappa shape index (κ2) is 6.55. The van der Waals surface area contributed by atoms with Crippen molar-refractivity contribution >= 4 is 23.2 Å². The average molecular weight is 289 g/mol. The van der Waals surface area contributed by atoms with Gasteiger partial charge >= 0.3 is 0 Å². The molecule has 0 aliphatic heterocycles. The fourth-order valence-electron chi connectivity index (χ4n) is 1.98. The molecule has 0 heterocycles. The molecule has 0 unspecified atom stereocenters. The van der Waals surface area contributed by atoms with Crippen LogP contribution in [0.1, 0.15) is 17.2 Å². The lowest BCUT2D eigenvalue weighted by Crippen LogP contribution is -2.30. The number of hydrogen-bond donors (Lipinski definition) is 2. The normalized spacial score (nSPS) is 11.9. The Balaban J connectivity index is 2.15. The molecule has 2 aromatic rings. The summed E-state index contributed by atoms with van der Waals surface area (Å²) in [6, 6.07) is 14.7. The maximum absolute atomic E-state index is 12.3. The van der Waals surface area contributed by atoms with Crippen LogP contribution in [0.25, 0.3) is 0 Å². The van der Waals surface area contributed by atoms with Gasteiger partial charge in [0.05, 0.1) is 0 Å². The SMILES string of the molecule is CN[C@H](C(=O)Nc1ccc(C)c(Cl)c1)c1ccccc1. The van der Waals surface area contributed by atoms with E-state index in [0.29, 0.717) is 10.7 Å². The molecular weight excluding hydrogens is 272 g/mol. The minimum absolute atomic E-state index is 0.112. The fraction of sp³-hybridized carbons (Fsp3) is 0.188. The first-order valence-electron chi connectivity index (χ1n) is 6.41. The molecule has 3 nitrogen and oxygen atoms in total. The molecule has 0 spiro atoms. The van der Waals surface area contributed by atoms with E-state index >= 15 is 0 Å². The molecule has 0 radical (unpaired) electrons. The minimum Gasteiger partial charge on any atom is -0.324 e. The first kappa shape index (κ1) is 14.6. The van der Waals surface area contributed by atoms with Crippen LogP contribution in [0.5, 0.6) is 0 Å². The van der Waals surface area contributed by atoms with E-state index in [9.17, 15) is 4.79 Å². The molecule has 0 aliphatic rings.